The third-order valence-corrected chi connectivity index (χ3v) is 5.53. The van der Waals surface area contributed by atoms with Crippen LogP contribution in [0, 0.1) is 0 Å². The van der Waals surface area contributed by atoms with Crippen molar-refractivity contribution in [2.24, 2.45) is 0 Å². The Kier molecular flexibility index (Phi) is 4.18. The van der Waals surface area contributed by atoms with Gasteiger partial charge < -0.3 is 10.1 Å². The second-order valence-corrected chi connectivity index (χ2v) is 6.90. The lowest BCUT2D eigenvalue weighted by atomic mass is 9.64. The normalized spacial score (nSPS) is 24.5. The fourth-order valence-corrected chi connectivity index (χ4v) is 4.20. The molecule has 3 heteroatoms. The highest BCUT2D eigenvalue weighted by Crippen LogP contribution is 2.46. The highest BCUT2D eigenvalue weighted by atomic mass is 16.5. The highest BCUT2D eigenvalue weighted by molar-refractivity contribution is 5.92. The van der Waals surface area contributed by atoms with Gasteiger partial charge in [-0.1, -0.05) is 55.5 Å². The van der Waals surface area contributed by atoms with Gasteiger partial charge in [-0.3, -0.25) is 4.79 Å². The maximum absolute atomic E-state index is 11.9. The van der Waals surface area contributed by atoms with Gasteiger partial charge in [0.25, 0.3) is 0 Å². The van der Waals surface area contributed by atoms with Crippen LogP contribution in [-0.4, -0.2) is 11.8 Å². The average molecular weight is 333 g/mol. The van der Waals surface area contributed by atoms with Crippen molar-refractivity contribution in [3.05, 3.63) is 77.4 Å². The summed E-state index contributed by atoms with van der Waals surface area (Å²) >= 11 is 0. The lowest BCUT2D eigenvalue weighted by molar-refractivity contribution is -0.116. The van der Waals surface area contributed by atoms with Crippen molar-refractivity contribution in [3.8, 4) is 5.75 Å². The number of fused-ring (bicyclic) bond motifs is 3. The summed E-state index contributed by atoms with van der Waals surface area (Å²) in [4.78, 5) is 11.9. The van der Waals surface area contributed by atoms with E-state index in [0.717, 1.165) is 24.3 Å². The smallest absolute Gasteiger partial charge is 0.157 e. The van der Waals surface area contributed by atoms with Crippen LogP contribution >= 0.6 is 0 Å². The van der Waals surface area contributed by atoms with Gasteiger partial charge in [-0.25, -0.2) is 0 Å². The molecule has 1 heterocycles. The van der Waals surface area contributed by atoms with Gasteiger partial charge in [0.15, 0.2) is 5.78 Å². The summed E-state index contributed by atoms with van der Waals surface area (Å²) < 4.78 is 6.25. The van der Waals surface area contributed by atoms with E-state index in [4.69, 9.17) is 4.74 Å². The van der Waals surface area contributed by atoms with Crippen molar-refractivity contribution in [2.75, 3.05) is 0 Å². The summed E-state index contributed by atoms with van der Waals surface area (Å²) in [5, 5.41) is 3.57. The molecule has 1 N–H and O–H groups in total. The summed E-state index contributed by atoms with van der Waals surface area (Å²) in [5.74, 6) is 1.14. The van der Waals surface area contributed by atoms with Crippen LogP contribution in [0.1, 0.15) is 36.5 Å². The molecule has 128 valence electrons. The first-order chi connectivity index (χ1) is 12.2. The van der Waals surface area contributed by atoms with E-state index in [1.54, 1.807) is 6.08 Å². The van der Waals surface area contributed by atoms with Crippen molar-refractivity contribution < 1.29 is 9.53 Å². The number of benzene rings is 2. The number of hydrogen-bond donors (Lipinski definition) is 1. The van der Waals surface area contributed by atoms with E-state index in [2.05, 4.69) is 48.6 Å². The monoisotopic (exact) mass is 333 g/mol. The van der Waals surface area contributed by atoms with Crippen LogP contribution in [-0.2, 0) is 23.4 Å². The van der Waals surface area contributed by atoms with Crippen LogP contribution in [0.5, 0.6) is 5.75 Å². The molecule has 0 unspecified atom stereocenters. The minimum absolute atomic E-state index is 0.143. The molecule has 2 aliphatic rings. The van der Waals surface area contributed by atoms with E-state index >= 15 is 0 Å². The maximum atomic E-state index is 11.9. The number of ether oxygens (including phenoxy) is 1. The van der Waals surface area contributed by atoms with Crippen molar-refractivity contribution in [2.45, 2.75) is 44.4 Å². The molecule has 2 aromatic rings. The molecule has 3 nitrogen and oxygen atoms in total. The minimum atomic E-state index is -0.172. The molecule has 0 fully saturated rings. The van der Waals surface area contributed by atoms with Gasteiger partial charge in [0.2, 0.25) is 0 Å². The number of carbonyl (C=O) groups is 1. The predicted molar refractivity (Wildman–Crippen MR) is 98.6 cm³/mol. The molecular formula is C22H23NO2. The van der Waals surface area contributed by atoms with Gasteiger partial charge in [-0.2, -0.15) is 0 Å². The van der Waals surface area contributed by atoms with Crippen LogP contribution in [0.15, 0.2) is 60.7 Å². The van der Waals surface area contributed by atoms with Gasteiger partial charge in [0.1, 0.15) is 12.4 Å². The Bertz CT molecular complexity index is 812. The number of carbonyl (C=O) groups excluding carboxylic acids is 1. The van der Waals surface area contributed by atoms with Crippen LogP contribution in [0.2, 0.25) is 0 Å². The molecule has 2 aromatic carbocycles. The third-order valence-electron chi connectivity index (χ3n) is 5.53. The van der Waals surface area contributed by atoms with Crippen molar-refractivity contribution in [1.29, 1.82) is 0 Å². The summed E-state index contributed by atoms with van der Waals surface area (Å²) in [6, 6.07) is 16.7. The lowest BCUT2D eigenvalue weighted by Crippen LogP contribution is -2.53. The Morgan fingerprint density at radius 2 is 2.00 bits per heavy atom. The molecule has 0 aromatic heterocycles. The van der Waals surface area contributed by atoms with Crippen LogP contribution in [0.25, 0.3) is 0 Å². The van der Waals surface area contributed by atoms with Gasteiger partial charge in [0, 0.05) is 30.0 Å². The SMILES string of the molecule is CC[C@]12C=CC(=O)C[C@@H]1NCc1cccc(OCc3ccccc3)c12. The molecule has 4 rings (SSSR count). The number of nitrogens with one attached hydrogen (secondary N) is 1. The maximum Gasteiger partial charge on any atom is 0.157 e. The van der Waals surface area contributed by atoms with Crippen molar-refractivity contribution >= 4 is 5.78 Å². The van der Waals surface area contributed by atoms with Gasteiger partial charge in [-0.15, -0.1) is 0 Å². The topological polar surface area (TPSA) is 38.3 Å². The van der Waals surface area contributed by atoms with Crippen LogP contribution in [0.3, 0.4) is 0 Å². The molecule has 25 heavy (non-hydrogen) atoms. The lowest BCUT2D eigenvalue weighted by Gasteiger charge is -2.46. The number of hydrogen-bond acceptors (Lipinski definition) is 3. The minimum Gasteiger partial charge on any atom is -0.489 e. The van der Waals surface area contributed by atoms with E-state index in [-0.39, 0.29) is 17.2 Å². The Hall–Kier alpha value is -2.39. The Morgan fingerprint density at radius 3 is 2.80 bits per heavy atom. The first-order valence-corrected chi connectivity index (χ1v) is 8.97. The summed E-state index contributed by atoms with van der Waals surface area (Å²) in [7, 11) is 0. The Balaban J connectivity index is 1.74. The van der Waals surface area contributed by atoms with E-state index in [9.17, 15) is 4.79 Å². The van der Waals surface area contributed by atoms with Gasteiger partial charge >= 0.3 is 0 Å². The first kappa shape index (κ1) is 16.1. The predicted octanol–water partition coefficient (Wildman–Crippen LogP) is 3.91. The van der Waals surface area contributed by atoms with Crippen LogP contribution in [0.4, 0.5) is 0 Å². The fraction of sp³-hybridized carbons (Fsp3) is 0.318. The largest absolute Gasteiger partial charge is 0.489 e. The number of rotatable bonds is 4. The van der Waals surface area contributed by atoms with E-state index < -0.39 is 0 Å². The zero-order valence-electron chi connectivity index (χ0n) is 14.5. The van der Waals surface area contributed by atoms with Crippen LogP contribution < -0.4 is 10.1 Å². The molecule has 2 atom stereocenters. The van der Waals surface area contributed by atoms with E-state index in [1.807, 2.05) is 18.2 Å². The summed E-state index contributed by atoms with van der Waals surface area (Å²) in [6.45, 7) is 3.53. The first-order valence-electron chi connectivity index (χ1n) is 8.97. The molecular weight excluding hydrogens is 310 g/mol. The van der Waals surface area contributed by atoms with Gasteiger partial charge in [0.05, 0.1) is 0 Å². The molecule has 0 saturated carbocycles. The Morgan fingerprint density at radius 1 is 1.16 bits per heavy atom. The second kappa shape index (κ2) is 6.49. The van der Waals surface area contributed by atoms with E-state index in [0.29, 0.717) is 13.0 Å². The fourth-order valence-electron chi connectivity index (χ4n) is 4.20. The Labute approximate surface area is 148 Å². The quantitative estimate of drug-likeness (QED) is 0.922. The van der Waals surface area contributed by atoms with E-state index in [1.165, 1.54) is 11.1 Å². The molecule has 0 bridgehead atoms. The molecule has 0 saturated heterocycles. The molecule has 0 spiro atoms. The summed E-state index contributed by atoms with van der Waals surface area (Å²) in [5.41, 5.74) is 3.50. The second-order valence-electron chi connectivity index (χ2n) is 6.90. The molecule has 1 aliphatic heterocycles. The zero-order chi connectivity index (χ0) is 17.3. The standard InChI is InChI=1S/C22H23NO2/c1-2-22-12-11-18(24)13-20(22)23-14-17-9-6-10-19(21(17)22)25-15-16-7-4-3-5-8-16/h3-12,20,23H,2,13-15H2,1H3/t20-,22-/m0/s1. The molecule has 1 aliphatic carbocycles. The zero-order valence-corrected chi connectivity index (χ0v) is 14.5. The van der Waals surface area contributed by atoms with Gasteiger partial charge in [-0.05, 0) is 29.7 Å². The number of allylic oxidation sites excluding steroid dienone is 1. The highest BCUT2D eigenvalue weighted by Gasteiger charge is 2.45. The van der Waals surface area contributed by atoms with Crippen molar-refractivity contribution in [1.82, 2.24) is 5.32 Å². The average Bonchev–Trinajstić information content (AvgIpc) is 2.66. The molecule has 0 radical (unpaired) electrons. The van der Waals surface area contributed by atoms with Crippen molar-refractivity contribution in [3.63, 3.8) is 0 Å². The summed E-state index contributed by atoms with van der Waals surface area (Å²) in [6.07, 6.45) is 5.35. The number of ketones is 1. The molecule has 0 amide bonds. The third kappa shape index (κ3) is 2.79.